The van der Waals surface area contributed by atoms with Crippen LogP contribution < -0.4 is 14.8 Å². The molecule has 126 valence electrons. The molecule has 3 rings (SSSR count). The van der Waals surface area contributed by atoms with Crippen LogP contribution in [-0.4, -0.2) is 20.1 Å². The second-order valence-electron chi connectivity index (χ2n) is 5.81. The van der Waals surface area contributed by atoms with E-state index in [9.17, 15) is 4.79 Å². The molecule has 1 aliphatic carbocycles. The molecular weight excluding hydrogens is 370 g/mol. The summed E-state index contributed by atoms with van der Waals surface area (Å²) in [5.41, 5.74) is 3.06. The Balaban J connectivity index is 1.86. The molecule has 24 heavy (non-hydrogen) atoms. The van der Waals surface area contributed by atoms with E-state index in [1.54, 1.807) is 26.4 Å². The van der Waals surface area contributed by atoms with E-state index in [-0.39, 0.29) is 11.9 Å². The Morgan fingerprint density at radius 3 is 2.50 bits per heavy atom. The summed E-state index contributed by atoms with van der Waals surface area (Å²) in [5.74, 6) is 1.02. The zero-order chi connectivity index (χ0) is 17.1. The molecule has 0 fully saturated rings. The van der Waals surface area contributed by atoms with Crippen LogP contribution in [0.1, 0.15) is 40.4 Å². The SMILES string of the molecule is COc1cc(C(=O)N[C@H]2CCCc3ccccc32)cc(OC)c1Br. The van der Waals surface area contributed by atoms with E-state index in [1.165, 1.54) is 11.1 Å². The lowest BCUT2D eigenvalue weighted by atomic mass is 9.87. The number of hydrogen-bond donors (Lipinski definition) is 1. The standard InChI is InChI=1S/C19H20BrNO3/c1-23-16-10-13(11-17(24-2)18(16)20)19(22)21-15-9-5-7-12-6-3-4-8-14(12)15/h3-4,6,8,10-11,15H,5,7,9H2,1-2H3,(H,21,22)/t15-/m0/s1. The van der Waals surface area contributed by atoms with E-state index in [1.807, 2.05) is 12.1 Å². The monoisotopic (exact) mass is 389 g/mol. The van der Waals surface area contributed by atoms with E-state index in [0.717, 1.165) is 19.3 Å². The van der Waals surface area contributed by atoms with Gasteiger partial charge in [-0.2, -0.15) is 0 Å². The van der Waals surface area contributed by atoms with Crippen molar-refractivity contribution < 1.29 is 14.3 Å². The minimum Gasteiger partial charge on any atom is -0.495 e. The van der Waals surface area contributed by atoms with Crippen LogP contribution in [0.25, 0.3) is 0 Å². The first-order valence-corrected chi connectivity index (χ1v) is 8.73. The van der Waals surface area contributed by atoms with E-state index in [2.05, 4.69) is 33.4 Å². The van der Waals surface area contributed by atoms with Gasteiger partial charge in [-0.1, -0.05) is 24.3 Å². The number of carbonyl (C=O) groups excluding carboxylic acids is 1. The minimum atomic E-state index is -0.124. The van der Waals surface area contributed by atoms with Crippen molar-refractivity contribution in [1.29, 1.82) is 0 Å². The number of carbonyl (C=O) groups is 1. The molecule has 0 saturated heterocycles. The molecule has 2 aromatic rings. The normalized spacial score (nSPS) is 16.2. The summed E-state index contributed by atoms with van der Waals surface area (Å²) in [4.78, 5) is 12.7. The van der Waals surface area contributed by atoms with E-state index in [4.69, 9.17) is 9.47 Å². The molecule has 0 heterocycles. The third kappa shape index (κ3) is 3.26. The van der Waals surface area contributed by atoms with Crippen LogP contribution in [0.3, 0.4) is 0 Å². The van der Waals surface area contributed by atoms with Gasteiger partial charge in [0.15, 0.2) is 0 Å². The maximum atomic E-state index is 12.7. The van der Waals surface area contributed by atoms with Crippen LogP contribution in [-0.2, 0) is 6.42 Å². The molecule has 4 nitrogen and oxygen atoms in total. The van der Waals surface area contributed by atoms with E-state index in [0.29, 0.717) is 21.5 Å². The Kier molecular flexibility index (Phi) is 5.09. The molecule has 2 aromatic carbocycles. The predicted molar refractivity (Wildman–Crippen MR) is 96.8 cm³/mol. The fraction of sp³-hybridized carbons (Fsp3) is 0.316. The molecular formula is C19H20BrNO3. The number of hydrogen-bond acceptors (Lipinski definition) is 3. The molecule has 1 amide bonds. The zero-order valence-corrected chi connectivity index (χ0v) is 15.4. The van der Waals surface area contributed by atoms with Crippen molar-refractivity contribution >= 4 is 21.8 Å². The highest BCUT2D eigenvalue weighted by Gasteiger charge is 2.23. The summed E-state index contributed by atoms with van der Waals surface area (Å²) in [6.07, 6.45) is 3.10. The van der Waals surface area contributed by atoms with Crippen LogP contribution in [0.5, 0.6) is 11.5 Å². The molecule has 0 bridgehead atoms. The van der Waals surface area contributed by atoms with Crippen molar-refractivity contribution in [2.24, 2.45) is 0 Å². The van der Waals surface area contributed by atoms with Crippen molar-refractivity contribution in [2.45, 2.75) is 25.3 Å². The molecule has 5 heteroatoms. The van der Waals surface area contributed by atoms with Gasteiger partial charge in [-0.3, -0.25) is 4.79 Å². The second-order valence-corrected chi connectivity index (χ2v) is 6.60. The topological polar surface area (TPSA) is 47.6 Å². The Morgan fingerprint density at radius 2 is 1.83 bits per heavy atom. The third-order valence-electron chi connectivity index (χ3n) is 4.38. The highest BCUT2D eigenvalue weighted by atomic mass is 79.9. The molecule has 0 unspecified atom stereocenters. The fourth-order valence-corrected chi connectivity index (χ4v) is 3.70. The molecule has 0 radical (unpaired) electrons. The summed E-state index contributed by atoms with van der Waals surface area (Å²) in [7, 11) is 3.14. The van der Waals surface area contributed by atoms with Gasteiger partial charge < -0.3 is 14.8 Å². The summed E-state index contributed by atoms with van der Waals surface area (Å²) in [6.45, 7) is 0. The highest BCUT2D eigenvalue weighted by Crippen LogP contribution is 2.36. The lowest BCUT2D eigenvalue weighted by Gasteiger charge is -2.26. The van der Waals surface area contributed by atoms with Crippen LogP contribution in [0.4, 0.5) is 0 Å². The fourth-order valence-electron chi connectivity index (χ4n) is 3.15. The summed E-state index contributed by atoms with van der Waals surface area (Å²) in [6, 6.07) is 11.8. The van der Waals surface area contributed by atoms with E-state index < -0.39 is 0 Å². The maximum absolute atomic E-state index is 12.7. The summed E-state index contributed by atoms with van der Waals surface area (Å²) < 4.78 is 11.3. The van der Waals surface area contributed by atoms with Crippen LogP contribution in [0, 0.1) is 0 Å². The zero-order valence-electron chi connectivity index (χ0n) is 13.8. The Labute approximate surface area is 150 Å². The van der Waals surface area contributed by atoms with Crippen molar-refractivity contribution in [3.63, 3.8) is 0 Å². The van der Waals surface area contributed by atoms with E-state index >= 15 is 0 Å². The largest absolute Gasteiger partial charge is 0.495 e. The van der Waals surface area contributed by atoms with Crippen LogP contribution in [0.15, 0.2) is 40.9 Å². The quantitative estimate of drug-likeness (QED) is 0.848. The number of nitrogens with one attached hydrogen (secondary N) is 1. The van der Waals surface area contributed by atoms with Gasteiger partial charge in [0, 0.05) is 5.56 Å². The molecule has 1 N–H and O–H groups in total. The summed E-state index contributed by atoms with van der Waals surface area (Å²) in [5, 5.41) is 3.15. The number of rotatable bonds is 4. The lowest BCUT2D eigenvalue weighted by Crippen LogP contribution is -2.31. The Morgan fingerprint density at radius 1 is 1.17 bits per heavy atom. The van der Waals surface area contributed by atoms with Gasteiger partial charge in [-0.15, -0.1) is 0 Å². The summed E-state index contributed by atoms with van der Waals surface area (Å²) >= 11 is 3.42. The van der Waals surface area contributed by atoms with Crippen molar-refractivity contribution in [2.75, 3.05) is 14.2 Å². The highest BCUT2D eigenvalue weighted by molar-refractivity contribution is 9.10. The second kappa shape index (κ2) is 7.26. The van der Waals surface area contributed by atoms with Gasteiger partial charge in [0.1, 0.15) is 16.0 Å². The molecule has 0 saturated carbocycles. The van der Waals surface area contributed by atoms with Crippen LogP contribution >= 0.6 is 15.9 Å². The third-order valence-corrected chi connectivity index (χ3v) is 5.16. The number of ether oxygens (including phenoxy) is 2. The number of methoxy groups -OCH3 is 2. The number of fused-ring (bicyclic) bond motifs is 1. The number of amides is 1. The van der Waals surface area contributed by atoms with Gasteiger partial charge >= 0.3 is 0 Å². The molecule has 1 atom stereocenters. The van der Waals surface area contributed by atoms with Crippen LogP contribution in [0.2, 0.25) is 0 Å². The number of aryl methyl sites for hydroxylation is 1. The lowest BCUT2D eigenvalue weighted by molar-refractivity contribution is 0.0932. The van der Waals surface area contributed by atoms with Gasteiger partial charge in [0.2, 0.25) is 0 Å². The van der Waals surface area contributed by atoms with Gasteiger partial charge in [0.25, 0.3) is 5.91 Å². The van der Waals surface area contributed by atoms with Crippen molar-refractivity contribution in [1.82, 2.24) is 5.32 Å². The minimum absolute atomic E-state index is 0.0445. The van der Waals surface area contributed by atoms with Gasteiger partial charge in [-0.05, 0) is 58.5 Å². The van der Waals surface area contributed by atoms with Gasteiger partial charge in [-0.25, -0.2) is 0 Å². The van der Waals surface area contributed by atoms with Gasteiger partial charge in [0.05, 0.1) is 20.3 Å². The molecule has 1 aliphatic rings. The first kappa shape index (κ1) is 16.8. The smallest absolute Gasteiger partial charge is 0.252 e. The average molecular weight is 390 g/mol. The van der Waals surface area contributed by atoms with Crippen molar-refractivity contribution in [3.05, 3.63) is 57.6 Å². The molecule has 0 aromatic heterocycles. The Hall–Kier alpha value is -2.01. The molecule has 0 spiro atoms. The average Bonchev–Trinajstić information content (AvgIpc) is 2.62. The number of halogens is 1. The first-order valence-electron chi connectivity index (χ1n) is 7.94. The van der Waals surface area contributed by atoms with Crippen molar-refractivity contribution in [3.8, 4) is 11.5 Å². The molecule has 0 aliphatic heterocycles. The number of benzene rings is 2. The maximum Gasteiger partial charge on any atom is 0.252 e. The predicted octanol–water partition coefficient (Wildman–Crippen LogP) is 4.27. The Bertz CT molecular complexity index is 735. The first-order chi connectivity index (χ1) is 11.6.